The molecule has 10 heavy (non-hydrogen) atoms. The standard InChI is InChI=1S/C7H8ClOP/c8-7-3-6(10)2-1-5(7)4-9/h1-3,9H,4,10H2. The molecule has 0 aliphatic carbocycles. The number of halogens is 1. The molecule has 0 spiro atoms. The maximum Gasteiger partial charge on any atom is 0.0696 e. The molecule has 1 rings (SSSR count). The van der Waals surface area contributed by atoms with Crippen molar-refractivity contribution in [3.05, 3.63) is 28.8 Å². The Hall–Kier alpha value is -0.100. The second kappa shape index (κ2) is 3.34. The summed E-state index contributed by atoms with van der Waals surface area (Å²) in [4.78, 5) is 0. The lowest BCUT2D eigenvalue weighted by molar-refractivity contribution is 0.282. The molecule has 0 saturated heterocycles. The SMILES string of the molecule is OCc1ccc(P)cc1Cl. The van der Waals surface area contributed by atoms with Crippen LogP contribution >= 0.6 is 20.8 Å². The molecule has 1 aromatic carbocycles. The summed E-state index contributed by atoms with van der Waals surface area (Å²) in [5.41, 5.74) is 0.771. The van der Waals surface area contributed by atoms with Crippen LogP contribution in [0, 0.1) is 0 Å². The highest BCUT2D eigenvalue weighted by molar-refractivity contribution is 7.27. The molecule has 1 unspecified atom stereocenters. The normalized spacial score (nSPS) is 9.90. The van der Waals surface area contributed by atoms with Crippen LogP contribution in [0.1, 0.15) is 5.56 Å². The van der Waals surface area contributed by atoms with Crippen LogP contribution in [-0.4, -0.2) is 5.11 Å². The lowest BCUT2D eigenvalue weighted by Crippen LogP contribution is -1.92. The summed E-state index contributed by atoms with van der Waals surface area (Å²) in [6.07, 6.45) is 0. The number of rotatable bonds is 1. The average molecular weight is 175 g/mol. The van der Waals surface area contributed by atoms with Gasteiger partial charge in [-0.1, -0.05) is 23.7 Å². The molecule has 0 saturated carbocycles. The van der Waals surface area contributed by atoms with E-state index >= 15 is 0 Å². The third-order valence-corrected chi connectivity index (χ3v) is 1.96. The van der Waals surface area contributed by atoms with Crippen LogP contribution in [0.4, 0.5) is 0 Å². The summed E-state index contributed by atoms with van der Waals surface area (Å²) in [5, 5.41) is 10.4. The van der Waals surface area contributed by atoms with Crippen molar-refractivity contribution in [2.45, 2.75) is 6.61 Å². The van der Waals surface area contributed by atoms with E-state index in [4.69, 9.17) is 16.7 Å². The van der Waals surface area contributed by atoms with Gasteiger partial charge in [0.15, 0.2) is 0 Å². The molecule has 1 nitrogen and oxygen atoms in total. The van der Waals surface area contributed by atoms with Crippen molar-refractivity contribution in [3.8, 4) is 0 Å². The average Bonchev–Trinajstić information content (AvgIpc) is 1.88. The summed E-state index contributed by atoms with van der Waals surface area (Å²) in [5.74, 6) is 0. The van der Waals surface area contributed by atoms with Gasteiger partial charge in [0, 0.05) is 5.02 Å². The predicted octanol–water partition coefficient (Wildman–Crippen LogP) is 1.33. The highest BCUT2D eigenvalue weighted by Gasteiger charge is 1.96. The van der Waals surface area contributed by atoms with Gasteiger partial charge in [0.05, 0.1) is 6.61 Å². The molecule has 0 aliphatic rings. The van der Waals surface area contributed by atoms with Crippen LogP contribution < -0.4 is 5.30 Å². The minimum atomic E-state index is 0.00375. The smallest absolute Gasteiger partial charge is 0.0696 e. The van der Waals surface area contributed by atoms with Crippen molar-refractivity contribution in [3.63, 3.8) is 0 Å². The van der Waals surface area contributed by atoms with E-state index in [9.17, 15) is 0 Å². The van der Waals surface area contributed by atoms with E-state index in [0.29, 0.717) is 5.02 Å². The van der Waals surface area contributed by atoms with Crippen LogP contribution in [0.3, 0.4) is 0 Å². The summed E-state index contributed by atoms with van der Waals surface area (Å²) in [6.45, 7) is 0.00375. The molecule has 54 valence electrons. The lowest BCUT2D eigenvalue weighted by atomic mass is 10.2. The van der Waals surface area contributed by atoms with Crippen LogP contribution in [0.5, 0.6) is 0 Å². The minimum absolute atomic E-state index is 0.00375. The minimum Gasteiger partial charge on any atom is -0.392 e. The van der Waals surface area contributed by atoms with Gasteiger partial charge in [-0.25, -0.2) is 0 Å². The van der Waals surface area contributed by atoms with E-state index in [1.165, 1.54) is 0 Å². The summed E-state index contributed by atoms with van der Waals surface area (Å²) >= 11 is 5.76. The summed E-state index contributed by atoms with van der Waals surface area (Å²) in [6, 6.07) is 5.50. The van der Waals surface area contributed by atoms with Gasteiger partial charge >= 0.3 is 0 Å². The van der Waals surface area contributed by atoms with Gasteiger partial charge in [0.25, 0.3) is 0 Å². The van der Waals surface area contributed by atoms with Gasteiger partial charge in [-0.3, -0.25) is 0 Å². The van der Waals surface area contributed by atoms with E-state index < -0.39 is 0 Å². The fourth-order valence-corrected chi connectivity index (χ4v) is 1.31. The van der Waals surface area contributed by atoms with Crippen LogP contribution in [0.2, 0.25) is 5.02 Å². The van der Waals surface area contributed by atoms with E-state index in [1.807, 2.05) is 12.1 Å². The van der Waals surface area contributed by atoms with Crippen molar-refractivity contribution in [1.29, 1.82) is 0 Å². The Morgan fingerprint density at radius 1 is 1.50 bits per heavy atom. The van der Waals surface area contributed by atoms with Gasteiger partial charge in [-0.05, 0) is 16.9 Å². The first-order valence-electron chi connectivity index (χ1n) is 2.89. The maximum absolute atomic E-state index is 8.72. The molecule has 1 N–H and O–H groups in total. The first-order chi connectivity index (χ1) is 4.74. The molecular weight excluding hydrogens is 167 g/mol. The fourth-order valence-electron chi connectivity index (χ4n) is 0.692. The second-order valence-corrected chi connectivity index (χ2v) is 3.08. The highest BCUT2D eigenvalue weighted by atomic mass is 35.5. The molecular formula is C7H8ClOP. The number of hydrogen-bond acceptors (Lipinski definition) is 1. The molecule has 0 aromatic heterocycles. The van der Waals surface area contributed by atoms with Crippen molar-refractivity contribution >= 4 is 26.1 Å². The number of aliphatic hydroxyl groups excluding tert-OH is 1. The zero-order chi connectivity index (χ0) is 7.56. The first-order valence-corrected chi connectivity index (χ1v) is 3.84. The molecule has 1 aromatic rings. The Labute approximate surface area is 67.2 Å². The zero-order valence-electron chi connectivity index (χ0n) is 5.34. The van der Waals surface area contributed by atoms with Gasteiger partial charge in [-0.15, -0.1) is 9.24 Å². The Kier molecular flexibility index (Phi) is 2.67. The van der Waals surface area contributed by atoms with Gasteiger partial charge < -0.3 is 5.11 Å². The quantitative estimate of drug-likeness (QED) is 0.637. The van der Waals surface area contributed by atoms with Crippen LogP contribution in [0.15, 0.2) is 18.2 Å². The molecule has 0 bridgehead atoms. The monoisotopic (exact) mass is 174 g/mol. The number of hydrogen-bond donors (Lipinski definition) is 1. The molecule has 0 heterocycles. The van der Waals surface area contributed by atoms with Crippen LogP contribution in [0.25, 0.3) is 0 Å². The van der Waals surface area contributed by atoms with E-state index in [2.05, 4.69) is 9.24 Å². The molecule has 0 fully saturated rings. The van der Waals surface area contributed by atoms with Crippen molar-refractivity contribution in [2.24, 2.45) is 0 Å². The molecule has 3 heteroatoms. The molecule has 1 atom stereocenters. The summed E-state index contributed by atoms with van der Waals surface area (Å²) < 4.78 is 0. The summed E-state index contributed by atoms with van der Waals surface area (Å²) in [7, 11) is 2.54. The van der Waals surface area contributed by atoms with Crippen molar-refractivity contribution in [1.82, 2.24) is 0 Å². The first kappa shape index (κ1) is 8.00. The Morgan fingerprint density at radius 3 is 2.70 bits per heavy atom. The molecule has 0 radical (unpaired) electrons. The molecule has 0 aliphatic heterocycles. The Morgan fingerprint density at radius 2 is 2.20 bits per heavy atom. The van der Waals surface area contributed by atoms with E-state index in [0.717, 1.165) is 10.9 Å². The Bertz CT molecular complexity index is 237. The van der Waals surface area contributed by atoms with E-state index in [1.54, 1.807) is 6.07 Å². The van der Waals surface area contributed by atoms with Crippen LogP contribution in [-0.2, 0) is 6.61 Å². The van der Waals surface area contributed by atoms with Crippen molar-refractivity contribution < 1.29 is 5.11 Å². The van der Waals surface area contributed by atoms with Crippen molar-refractivity contribution in [2.75, 3.05) is 0 Å². The zero-order valence-corrected chi connectivity index (χ0v) is 7.25. The second-order valence-electron chi connectivity index (χ2n) is 2.01. The Balaban J connectivity index is 3.07. The largest absolute Gasteiger partial charge is 0.392 e. The third kappa shape index (κ3) is 1.69. The fraction of sp³-hybridized carbons (Fsp3) is 0.143. The predicted molar refractivity (Wildman–Crippen MR) is 46.7 cm³/mol. The number of benzene rings is 1. The number of aliphatic hydroxyl groups is 1. The maximum atomic E-state index is 8.72. The van der Waals surface area contributed by atoms with Gasteiger partial charge in [-0.2, -0.15) is 0 Å². The molecule has 0 amide bonds. The highest BCUT2D eigenvalue weighted by Crippen LogP contribution is 2.14. The van der Waals surface area contributed by atoms with Gasteiger partial charge in [0.2, 0.25) is 0 Å². The van der Waals surface area contributed by atoms with E-state index in [-0.39, 0.29) is 6.61 Å². The topological polar surface area (TPSA) is 20.2 Å². The van der Waals surface area contributed by atoms with Gasteiger partial charge in [0.1, 0.15) is 0 Å². The third-order valence-electron chi connectivity index (χ3n) is 1.25. The lowest BCUT2D eigenvalue weighted by Gasteiger charge is -1.99.